The van der Waals surface area contributed by atoms with Gasteiger partial charge in [0.1, 0.15) is 5.75 Å². The summed E-state index contributed by atoms with van der Waals surface area (Å²) in [6.07, 6.45) is 1.29. The van der Waals surface area contributed by atoms with Crippen LogP contribution < -0.4 is 10.1 Å². The van der Waals surface area contributed by atoms with Crippen LogP contribution in [0.5, 0.6) is 5.75 Å². The molecule has 1 N–H and O–H groups in total. The van der Waals surface area contributed by atoms with Gasteiger partial charge in [-0.25, -0.2) is 0 Å². The highest BCUT2D eigenvalue weighted by atomic mass is 79.9. The van der Waals surface area contributed by atoms with E-state index in [-0.39, 0.29) is 0 Å². The lowest BCUT2D eigenvalue weighted by Crippen LogP contribution is -2.24. The van der Waals surface area contributed by atoms with Crippen LogP contribution in [0.15, 0.2) is 21.1 Å². The first-order chi connectivity index (χ1) is 9.10. The van der Waals surface area contributed by atoms with Gasteiger partial charge in [0.25, 0.3) is 0 Å². The quantitative estimate of drug-likeness (QED) is 0.833. The largest absolute Gasteiger partial charge is 0.495 e. The first-order valence-corrected chi connectivity index (χ1v) is 8.10. The van der Waals surface area contributed by atoms with Gasteiger partial charge in [0.2, 0.25) is 0 Å². The summed E-state index contributed by atoms with van der Waals surface area (Å²) in [7, 11) is 3.90. The summed E-state index contributed by atoms with van der Waals surface area (Å²) >= 11 is 7.06. The predicted molar refractivity (Wildman–Crippen MR) is 85.7 cm³/mol. The Balaban J connectivity index is 1.92. The third kappa shape index (κ3) is 4.18. The molecule has 1 saturated heterocycles. The zero-order chi connectivity index (χ0) is 13.8. The van der Waals surface area contributed by atoms with Gasteiger partial charge in [-0.3, -0.25) is 0 Å². The molecule has 0 aliphatic carbocycles. The number of methoxy groups -OCH3 is 1. The van der Waals surface area contributed by atoms with Crippen molar-refractivity contribution >= 4 is 31.9 Å². The van der Waals surface area contributed by atoms with Gasteiger partial charge in [-0.05, 0) is 60.5 Å². The molecule has 0 radical (unpaired) electrons. The molecule has 0 saturated carbocycles. The second kappa shape index (κ2) is 7.07. The molecular formula is C14H20Br2N2O. The van der Waals surface area contributed by atoms with E-state index in [9.17, 15) is 0 Å². The van der Waals surface area contributed by atoms with Crippen molar-refractivity contribution in [2.24, 2.45) is 5.92 Å². The van der Waals surface area contributed by atoms with Gasteiger partial charge in [-0.1, -0.05) is 15.9 Å². The summed E-state index contributed by atoms with van der Waals surface area (Å²) < 4.78 is 7.51. The number of halogens is 2. The van der Waals surface area contributed by atoms with Crippen molar-refractivity contribution in [1.82, 2.24) is 10.2 Å². The van der Waals surface area contributed by atoms with Crippen LogP contribution in [-0.2, 0) is 6.54 Å². The molecular weight excluding hydrogens is 372 g/mol. The number of benzene rings is 1. The fraction of sp³-hybridized carbons (Fsp3) is 0.571. The molecule has 0 amide bonds. The van der Waals surface area contributed by atoms with Crippen LogP contribution in [0.1, 0.15) is 12.0 Å². The predicted octanol–water partition coefficient (Wildman–Crippen LogP) is 3.26. The molecule has 3 nitrogen and oxygen atoms in total. The van der Waals surface area contributed by atoms with Crippen molar-refractivity contribution < 1.29 is 4.74 Å². The van der Waals surface area contributed by atoms with Crippen LogP contribution in [0.3, 0.4) is 0 Å². The molecule has 0 spiro atoms. The molecule has 1 aromatic carbocycles. The normalized spacial score (nSPS) is 19.9. The monoisotopic (exact) mass is 390 g/mol. The van der Waals surface area contributed by atoms with Gasteiger partial charge in [0.15, 0.2) is 0 Å². The Hall–Kier alpha value is -0.100. The maximum Gasteiger partial charge on any atom is 0.137 e. The Morgan fingerprint density at radius 2 is 2.21 bits per heavy atom. The van der Waals surface area contributed by atoms with Crippen LogP contribution in [-0.4, -0.2) is 38.7 Å². The summed E-state index contributed by atoms with van der Waals surface area (Å²) in [5.74, 6) is 1.69. The van der Waals surface area contributed by atoms with E-state index in [2.05, 4.69) is 55.2 Å². The number of nitrogens with one attached hydrogen (secondary N) is 1. The molecule has 5 heteroatoms. The topological polar surface area (TPSA) is 24.5 Å². The minimum atomic E-state index is 0.770. The second-order valence-electron chi connectivity index (χ2n) is 5.13. The average molecular weight is 392 g/mol. The maximum absolute atomic E-state index is 5.45. The minimum Gasteiger partial charge on any atom is -0.495 e. The Morgan fingerprint density at radius 1 is 1.42 bits per heavy atom. The van der Waals surface area contributed by atoms with Crippen molar-refractivity contribution in [1.29, 1.82) is 0 Å². The van der Waals surface area contributed by atoms with E-state index in [0.29, 0.717) is 0 Å². The van der Waals surface area contributed by atoms with E-state index in [4.69, 9.17) is 4.74 Å². The van der Waals surface area contributed by atoms with Crippen molar-refractivity contribution in [2.45, 2.75) is 13.0 Å². The highest BCUT2D eigenvalue weighted by Gasteiger charge is 2.19. The van der Waals surface area contributed by atoms with Crippen LogP contribution >= 0.6 is 31.9 Å². The van der Waals surface area contributed by atoms with E-state index in [1.54, 1.807) is 7.11 Å². The zero-order valence-electron chi connectivity index (χ0n) is 11.4. The van der Waals surface area contributed by atoms with Gasteiger partial charge in [0.05, 0.1) is 11.6 Å². The third-order valence-corrected chi connectivity index (χ3v) is 4.57. The van der Waals surface area contributed by atoms with E-state index < -0.39 is 0 Å². The summed E-state index contributed by atoms with van der Waals surface area (Å²) in [6, 6.07) is 4.12. The van der Waals surface area contributed by atoms with E-state index >= 15 is 0 Å². The lowest BCUT2D eigenvalue weighted by molar-refractivity contribution is 0.385. The number of ether oxygens (including phenoxy) is 1. The van der Waals surface area contributed by atoms with Gasteiger partial charge >= 0.3 is 0 Å². The first kappa shape index (κ1) is 15.3. The van der Waals surface area contributed by atoms with Crippen LogP contribution in [0.25, 0.3) is 0 Å². The summed E-state index contributed by atoms with van der Waals surface area (Å²) in [5, 5.41) is 3.54. The van der Waals surface area contributed by atoms with E-state index in [0.717, 1.165) is 33.7 Å². The average Bonchev–Trinajstić information content (AvgIpc) is 2.74. The van der Waals surface area contributed by atoms with Crippen LogP contribution in [0.4, 0.5) is 0 Å². The Labute approximate surface area is 132 Å². The van der Waals surface area contributed by atoms with Crippen LogP contribution in [0, 0.1) is 5.92 Å². The van der Waals surface area contributed by atoms with Gasteiger partial charge < -0.3 is 15.0 Å². The Bertz CT molecular complexity index is 440. The summed E-state index contributed by atoms with van der Waals surface area (Å²) in [4.78, 5) is 2.39. The minimum absolute atomic E-state index is 0.770. The van der Waals surface area contributed by atoms with Gasteiger partial charge in [-0.15, -0.1) is 0 Å². The molecule has 2 rings (SSSR count). The third-order valence-electron chi connectivity index (χ3n) is 3.53. The highest BCUT2D eigenvalue weighted by molar-refractivity contribution is 9.11. The van der Waals surface area contributed by atoms with Crippen molar-refractivity contribution in [2.75, 3.05) is 33.8 Å². The first-order valence-electron chi connectivity index (χ1n) is 6.51. The number of hydrogen-bond acceptors (Lipinski definition) is 3. The number of likely N-dealkylation sites (tertiary alicyclic amines) is 1. The molecule has 106 valence electrons. The number of nitrogens with zero attached hydrogens (tertiary/aromatic N) is 1. The molecule has 0 bridgehead atoms. The molecule has 0 aromatic heterocycles. The van der Waals surface area contributed by atoms with Crippen LogP contribution in [0.2, 0.25) is 0 Å². The molecule has 1 aliphatic rings. The van der Waals surface area contributed by atoms with Crippen molar-refractivity contribution in [3.8, 4) is 5.75 Å². The SMILES string of the molecule is COc1c(Br)cc(Br)cc1CNCC1CCN(C)C1. The highest BCUT2D eigenvalue weighted by Crippen LogP contribution is 2.32. The lowest BCUT2D eigenvalue weighted by atomic mass is 10.1. The molecule has 19 heavy (non-hydrogen) atoms. The summed E-state index contributed by atoms with van der Waals surface area (Å²) in [6.45, 7) is 4.32. The molecule has 1 aromatic rings. The fourth-order valence-electron chi connectivity index (χ4n) is 2.58. The Kier molecular flexibility index (Phi) is 5.69. The van der Waals surface area contributed by atoms with E-state index in [1.165, 1.54) is 25.1 Å². The van der Waals surface area contributed by atoms with Gasteiger partial charge in [0, 0.05) is 23.1 Å². The zero-order valence-corrected chi connectivity index (χ0v) is 14.6. The Morgan fingerprint density at radius 3 is 2.84 bits per heavy atom. The molecule has 1 atom stereocenters. The number of hydrogen-bond donors (Lipinski definition) is 1. The number of rotatable bonds is 5. The molecule has 1 heterocycles. The second-order valence-corrected chi connectivity index (χ2v) is 6.90. The molecule has 1 unspecified atom stereocenters. The lowest BCUT2D eigenvalue weighted by Gasteiger charge is -2.14. The van der Waals surface area contributed by atoms with Crippen molar-refractivity contribution in [3.63, 3.8) is 0 Å². The summed E-state index contributed by atoms with van der Waals surface area (Å²) in [5.41, 5.74) is 1.18. The fourth-order valence-corrected chi connectivity index (χ4v) is 4.05. The maximum atomic E-state index is 5.45. The van der Waals surface area contributed by atoms with Crippen molar-refractivity contribution in [3.05, 3.63) is 26.6 Å². The van der Waals surface area contributed by atoms with E-state index in [1.807, 2.05) is 6.07 Å². The standard InChI is InChI=1S/C14H20Br2N2O/c1-18-4-3-10(9-18)7-17-8-11-5-12(15)6-13(16)14(11)19-2/h5-6,10,17H,3-4,7-9H2,1-2H3. The smallest absolute Gasteiger partial charge is 0.137 e. The molecule has 1 fully saturated rings. The molecule has 1 aliphatic heterocycles. The van der Waals surface area contributed by atoms with Gasteiger partial charge in [-0.2, -0.15) is 0 Å².